The van der Waals surface area contributed by atoms with E-state index in [1.165, 1.54) is 6.20 Å². The van der Waals surface area contributed by atoms with Gasteiger partial charge in [0.15, 0.2) is 0 Å². The molecule has 1 aliphatic heterocycles. The fraction of sp³-hybridized carbons (Fsp3) is 0.500. The maximum Gasteiger partial charge on any atom is 0.323 e. The molecule has 0 radical (unpaired) electrons. The first-order valence-electron chi connectivity index (χ1n) is 4.42. The van der Waals surface area contributed by atoms with Crippen LogP contribution in [0.2, 0.25) is 0 Å². The molecule has 0 spiro atoms. The molecule has 0 atom stereocenters. The van der Waals surface area contributed by atoms with Crippen LogP contribution in [0.4, 0.5) is 0 Å². The summed E-state index contributed by atoms with van der Waals surface area (Å²) < 4.78 is 0. The highest BCUT2D eigenvalue weighted by Crippen LogP contribution is 2.10. The topological polar surface area (TPSA) is 69.0 Å². The Morgan fingerprint density at radius 3 is 2.71 bits per heavy atom. The van der Waals surface area contributed by atoms with E-state index in [1.54, 1.807) is 4.90 Å². The average molecular weight is 213 g/mol. The van der Waals surface area contributed by atoms with Gasteiger partial charge in [-0.1, -0.05) is 0 Å². The van der Waals surface area contributed by atoms with Crippen LogP contribution in [0.25, 0.3) is 0 Å². The van der Waals surface area contributed by atoms with Crippen molar-refractivity contribution in [2.75, 3.05) is 24.6 Å². The first-order chi connectivity index (χ1) is 6.77. The number of carbonyl (C=O) groups excluding carboxylic acids is 1. The van der Waals surface area contributed by atoms with E-state index in [1.807, 2.05) is 11.8 Å². The number of carbonyl (C=O) groups is 1. The maximum absolute atomic E-state index is 11.7. The van der Waals surface area contributed by atoms with Crippen molar-refractivity contribution in [2.24, 2.45) is 0 Å². The van der Waals surface area contributed by atoms with Gasteiger partial charge in [0.05, 0.1) is 0 Å². The van der Waals surface area contributed by atoms with E-state index in [2.05, 4.69) is 9.97 Å². The molecule has 2 heterocycles. The number of thioether (sulfide) groups is 1. The van der Waals surface area contributed by atoms with Crippen molar-refractivity contribution >= 4 is 17.7 Å². The minimum Gasteiger partial charge on any atom is -0.336 e. The highest BCUT2D eigenvalue weighted by molar-refractivity contribution is 7.99. The number of hydrogen-bond acceptors (Lipinski definition) is 3. The summed E-state index contributed by atoms with van der Waals surface area (Å²) in [6, 6.07) is 0. The summed E-state index contributed by atoms with van der Waals surface area (Å²) in [6.45, 7) is 1.52. The molecule has 0 saturated carbocycles. The van der Waals surface area contributed by atoms with Crippen molar-refractivity contribution in [1.29, 1.82) is 0 Å². The minimum atomic E-state index is -0.334. The molecule has 5 nitrogen and oxygen atoms in total. The molecule has 1 aromatic heterocycles. The molecule has 0 bridgehead atoms. The maximum atomic E-state index is 11.7. The van der Waals surface area contributed by atoms with Gasteiger partial charge in [0.2, 0.25) is 0 Å². The summed E-state index contributed by atoms with van der Waals surface area (Å²) in [5, 5.41) is 0. The molecule has 76 valence electrons. The third-order valence-electron chi connectivity index (χ3n) is 2.12. The van der Waals surface area contributed by atoms with Crippen molar-refractivity contribution in [3.8, 4) is 0 Å². The number of rotatable bonds is 1. The Bertz CT molecular complexity index is 378. The Labute approximate surface area is 84.9 Å². The molecule has 6 heteroatoms. The molecule has 0 unspecified atom stereocenters. The monoisotopic (exact) mass is 213 g/mol. The Kier molecular flexibility index (Phi) is 2.62. The van der Waals surface area contributed by atoms with Crippen LogP contribution < -0.4 is 5.69 Å². The predicted octanol–water partition coefficient (Wildman–Crippen LogP) is -0.108. The molecule has 1 saturated heterocycles. The molecule has 1 fully saturated rings. The lowest BCUT2D eigenvalue weighted by molar-refractivity contribution is 0.0767. The first-order valence-corrected chi connectivity index (χ1v) is 5.57. The van der Waals surface area contributed by atoms with Gasteiger partial charge >= 0.3 is 5.69 Å². The Morgan fingerprint density at radius 2 is 2.14 bits per heavy atom. The summed E-state index contributed by atoms with van der Waals surface area (Å²) in [6.07, 6.45) is 1.42. The molecule has 0 aromatic carbocycles. The van der Waals surface area contributed by atoms with Gasteiger partial charge in [-0.2, -0.15) is 11.8 Å². The van der Waals surface area contributed by atoms with Crippen LogP contribution in [0.3, 0.4) is 0 Å². The average Bonchev–Trinajstić information content (AvgIpc) is 2.65. The number of hydrogen-bond donors (Lipinski definition) is 2. The quantitative estimate of drug-likeness (QED) is 0.684. The molecule has 2 N–H and O–H groups in total. The van der Waals surface area contributed by atoms with E-state index < -0.39 is 0 Å². The van der Waals surface area contributed by atoms with Gasteiger partial charge in [0, 0.05) is 30.8 Å². The summed E-state index contributed by atoms with van der Waals surface area (Å²) in [5.74, 6) is 1.85. The second kappa shape index (κ2) is 3.91. The van der Waals surface area contributed by atoms with Crippen LogP contribution in [0.5, 0.6) is 0 Å². The molecule has 0 aliphatic carbocycles. The van der Waals surface area contributed by atoms with E-state index in [-0.39, 0.29) is 11.6 Å². The van der Waals surface area contributed by atoms with Gasteiger partial charge in [0.25, 0.3) is 5.91 Å². The molecule has 14 heavy (non-hydrogen) atoms. The third kappa shape index (κ3) is 1.84. The van der Waals surface area contributed by atoms with Crippen LogP contribution in [0, 0.1) is 0 Å². The van der Waals surface area contributed by atoms with Gasteiger partial charge in [-0.3, -0.25) is 4.79 Å². The van der Waals surface area contributed by atoms with E-state index in [9.17, 15) is 9.59 Å². The van der Waals surface area contributed by atoms with Gasteiger partial charge in [-0.25, -0.2) is 4.79 Å². The number of imidazole rings is 1. The normalized spacial score (nSPS) is 17.0. The largest absolute Gasteiger partial charge is 0.336 e. The number of amides is 1. The lowest BCUT2D eigenvalue weighted by atomic mass is 10.4. The van der Waals surface area contributed by atoms with Gasteiger partial charge in [0.1, 0.15) is 5.69 Å². The van der Waals surface area contributed by atoms with E-state index in [0.717, 1.165) is 24.6 Å². The lowest BCUT2D eigenvalue weighted by Gasteiger charge is -2.25. The Balaban J connectivity index is 2.10. The van der Waals surface area contributed by atoms with Gasteiger partial charge < -0.3 is 14.9 Å². The molecular weight excluding hydrogens is 202 g/mol. The standard InChI is InChI=1S/C8H11N3O2S/c12-7(6-5-9-8(13)10-6)11-1-3-14-4-2-11/h5H,1-4H2,(H2,9,10,13). The second-order valence-electron chi connectivity index (χ2n) is 3.06. The van der Waals surface area contributed by atoms with Crippen molar-refractivity contribution in [3.63, 3.8) is 0 Å². The van der Waals surface area contributed by atoms with Crippen molar-refractivity contribution in [2.45, 2.75) is 0 Å². The highest BCUT2D eigenvalue weighted by Gasteiger charge is 2.19. The highest BCUT2D eigenvalue weighted by atomic mass is 32.2. The molecule has 1 aromatic rings. The number of aromatic nitrogens is 2. The van der Waals surface area contributed by atoms with Crippen molar-refractivity contribution in [1.82, 2.24) is 14.9 Å². The van der Waals surface area contributed by atoms with Crippen molar-refractivity contribution in [3.05, 3.63) is 22.4 Å². The zero-order valence-electron chi connectivity index (χ0n) is 7.58. The van der Waals surface area contributed by atoms with Crippen LogP contribution in [-0.2, 0) is 0 Å². The van der Waals surface area contributed by atoms with E-state index >= 15 is 0 Å². The van der Waals surface area contributed by atoms with Crippen molar-refractivity contribution < 1.29 is 4.79 Å². The SMILES string of the molecule is O=C(c1c[nH]c(=O)[nH]1)N1CCSCC1. The van der Waals surface area contributed by atoms with E-state index in [4.69, 9.17) is 0 Å². The lowest BCUT2D eigenvalue weighted by Crippen LogP contribution is -2.38. The minimum absolute atomic E-state index is 0.0938. The van der Waals surface area contributed by atoms with Crippen LogP contribution in [0.15, 0.2) is 11.0 Å². The first kappa shape index (κ1) is 9.39. The summed E-state index contributed by atoms with van der Waals surface area (Å²) in [5.41, 5.74) is 0.0154. The Morgan fingerprint density at radius 1 is 1.43 bits per heavy atom. The molecule has 1 amide bonds. The van der Waals surface area contributed by atoms with Crippen LogP contribution >= 0.6 is 11.8 Å². The Hall–Kier alpha value is -1.17. The molecule has 1 aliphatic rings. The summed E-state index contributed by atoms with van der Waals surface area (Å²) in [4.78, 5) is 29.2. The van der Waals surface area contributed by atoms with Crippen LogP contribution in [-0.4, -0.2) is 45.4 Å². The van der Waals surface area contributed by atoms with Gasteiger partial charge in [-0.15, -0.1) is 0 Å². The van der Waals surface area contributed by atoms with E-state index in [0.29, 0.717) is 5.69 Å². The second-order valence-corrected chi connectivity index (χ2v) is 4.29. The summed E-state index contributed by atoms with van der Waals surface area (Å²) in [7, 11) is 0. The molecule has 2 rings (SSSR count). The zero-order valence-corrected chi connectivity index (χ0v) is 8.39. The number of nitrogens with one attached hydrogen (secondary N) is 2. The zero-order chi connectivity index (χ0) is 9.97. The fourth-order valence-corrected chi connectivity index (χ4v) is 2.29. The fourth-order valence-electron chi connectivity index (χ4n) is 1.38. The number of H-pyrrole nitrogens is 2. The third-order valence-corrected chi connectivity index (χ3v) is 3.07. The number of nitrogens with zero attached hydrogens (tertiary/aromatic N) is 1. The molecular formula is C8H11N3O2S. The van der Waals surface area contributed by atoms with Crippen LogP contribution in [0.1, 0.15) is 10.5 Å². The number of aromatic amines is 2. The smallest absolute Gasteiger partial charge is 0.323 e. The summed E-state index contributed by atoms with van der Waals surface area (Å²) >= 11 is 1.84. The predicted molar refractivity (Wildman–Crippen MR) is 54.6 cm³/mol. The van der Waals surface area contributed by atoms with Gasteiger partial charge in [-0.05, 0) is 0 Å².